The third kappa shape index (κ3) is 14.0. The van der Waals surface area contributed by atoms with Gasteiger partial charge in [-0.15, -0.1) is 0 Å². The molecule has 3 amide bonds. The molecular formula is C52H57Cl2N7O8S. The Morgan fingerprint density at radius 1 is 0.771 bits per heavy atom. The fourth-order valence-corrected chi connectivity index (χ4v) is 8.70. The number of carbonyl (C=O) groups excluding carboxylic acids is 3. The van der Waals surface area contributed by atoms with Gasteiger partial charge in [0.1, 0.15) is 17.1 Å². The highest BCUT2D eigenvalue weighted by atomic mass is 35.5. The number of fused-ring (bicyclic) bond motifs is 2. The van der Waals surface area contributed by atoms with Crippen molar-refractivity contribution in [3.05, 3.63) is 134 Å². The van der Waals surface area contributed by atoms with E-state index in [2.05, 4.69) is 51.8 Å². The number of carboxylic acids is 1. The van der Waals surface area contributed by atoms with E-state index in [0.29, 0.717) is 50.0 Å². The number of thiocarbonyl (C=S) groups is 1. The zero-order valence-corrected chi connectivity index (χ0v) is 41.8. The number of likely N-dealkylation sites (tertiary alicyclic amines) is 1. The van der Waals surface area contributed by atoms with Crippen molar-refractivity contribution in [2.45, 2.75) is 46.1 Å². The molecule has 2 aliphatic heterocycles. The molecule has 15 nitrogen and oxygen atoms in total. The Bertz CT molecular complexity index is 2860. The molecule has 6 N–H and O–H groups in total. The molecule has 70 heavy (non-hydrogen) atoms. The van der Waals surface area contributed by atoms with Crippen LogP contribution >= 0.6 is 35.4 Å². The van der Waals surface area contributed by atoms with Gasteiger partial charge in [-0.2, -0.15) is 0 Å². The molecule has 0 bridgehead atoms. The van der Waals surface area contributed by atoms with Crippen LogP contribution in [-0.4, -0.2) is 113 Å². The number of benzene rings is 5. The average Bonchev–Trinajstić information content (AvgIpc) is 3.86. The number of nitrogens with one attached hydrogen (secondary N) is 4. The van der Waals surface area contributed by atoms with Crippen molar-refractivity contribution in [2.24, 2.45) is 0 Å². The van der Waals surface area contributed by atoms with E-state index in [-0.39, 0.29) is 64.7 Å². The highest BCUT2D eigenvalue weighted by Crippen LogP contribution is 2.42. The van der Waals surface area contributed by atoms with Crippen LogP contribution in [-0.2, 0) is 20.8 Å². The molecule has 1 aliphatic carbocycles. The van der Waals surface area contributed by atoms with E-state index in [1.807, 2.05) is 12.1 Å². The number of aromatic hydroxyl groups is 1. The molecule has 1 unspecified atom stereocenters. The normalized spacial score (nSPS) is 12.8. The molecule has 0 saturated carbocycles. The number of hydrogen-bond acceptors (Lipinski definition) is 10. The molecule has 3 aliphatic rings. The molecule has 1 atom stereocenters. The molecule has 1 saturated heterocycles. The van der Waals surface area contributed by atoms with Gasteiger partial charge < -0.3 is 50.6 Å². The number of rotatable bonds is 17. The average molecular weight is 1010 g/mol. The zero-order chi connectivity index (χ0) is 50.5. The van der Waals surface area contributed by atoms with Gasteiger partial charge in [0.15, 0.2) is 10.5 Å². The number of anilines is 2. The molecule has 0 spiro atoms. The Morgan fingerprint density at radius 2 is 1.44 bits per heavy atom. The number of aromatic carboxylic acids is 1. The van der Waals surface area contributed by atoms with Crippen molar-refractivity contribution < 1.29 is 33.8 Å². The first kappa shape index (κ1) is 52.8. The Hall–Kier alpha value is -6.56. The van der Waals surface area contributed by atoms with Crippen LogP contribution < -0.4 is 26.7 Å². The lowest BCUT2D eigenvalue weighted by atomic mass is 9.90. The Labute approximate surface area is 422 Å². The van der Waals surface area contributed by atoms with Crippen molar-refractivity contribution in [1.29, 1.82) is 0 Å². The molecule has 0 radical (unpaired) electrons. The molecule has 2 heterocycles. The van der Waals surface area contributed by atoms with Crippen LogP contribution in [0.5, 0.6) is 5.75 Å². The van der Waals surface area contributed by atoms with E-state index < -0.39 is 17.8 Å². The van der Waals surface area contributed by atoms with Crippen molar-refractivity contribution in [3.63, 3.8) is 0 Å². The van der Waals surface area contributed by atoms with Gasteiger partial charge in [-0.25, -0.2) is 4.79 Å². The predicted molar refractivity (Wildman–Crippen MR) is 280 cm³/mol. The maximum absolute atomic E-state index is 13.5. The number of hydrogen-bond donors (Lipinski definition) is 6. The van der Waals surface area contributed by atoms with Gasteiger partial charge in [-0.3, -0.25) is 19.2 Å². The topological polar surface area (TPSA) is 197 Å². The third-order valence-electron chi connectivity index (χ3n) is 12.1. The SMILES string of the molecule is CCN(CC)CC.CN(C(=O)Cc1ccc(Cl)c(Cl)c1)C(CN1CCCC1)c1ccc(NC(=O)CNC(=O)CNC(=S)Nc2ccc(-c3c4ccc(=O)cc-4oc4cc(O)ccc34)c(C(=O)O)c2)cc1. The number of carboxylic acid groups (broad SMARTS) is 1. The summed E-state index contributed by atoms with van der Waals surface area (Å²) in [4.78, 5) is 70.1. The Morgan fingerprint density at radius 3 is 2.10 bits per heavy atom. The highest BCUT2D eigenvalue weighted by Gasteiger charge is 2.27. The monoisotopic (exact) mass is 1010 g/mol. The number of phenolic OH excluding ortho intramolecular Hbond substituents is 1. The van der Waals surface area contributed by atoms with Gasteiger partial charge >= 0.3 is 5.97 Å². The summed E-state index contributed by atoms with van der Waals surface area (Å²) in [7, 11) is 1.79. The number of amides is 3. The standard InChI is InChI=1S/C46H42Cl2N6O8S.C6H15N/c1-53(43(59)19-26-4-15-36(47)37(48)18-26)38(25-54-16-2-3-17-54)27-5-7-28(8-6-27)51-42(58)24-49-41(57)23-50-46(63)52-29-9-12-32(35(20-29)45(60)61)44-33-13-10-30(55)21-39(33)62-40-22-31(56)11-14-34(40)44;1-4-7(5-2)6-3/h4-15,18,20-22,38,55H,2-3,16-17,19,23-25H2,1H3,(H,49,57)(H,51,58)(H,60,61)(H2,50,52,63);4-6H2,1-3H3. The molecule has 4 aromatic rings. The van der Waals surface area contributed by atoms with Gasteiger partial charge in [0, 0.05) is 53.6 Å². The predicted octanol–water partition coefficient (Wildman–Crippen LogP) is 8.50. The van der Waals surface area contributed by atoms with Crippen LogP contribution in [0.1, 0.15) is 61.1 Å². The minimum Gasteiger partial charge on any atom is -0.508 e. The first-order valence-corrected chi connectivity index (χ1v) is 24.2. The van der Waals surface area contributed by atoms with Crippen LogP contribution in [0, 0.1) is 0 Å². The lowest BCUT2D eigenvalue weighted by Crippen LogP contribution is -2.41. The van der Waals surface area contributed by atoms with Crippen LogP contribution in [0.4, 0.5) is 11.4 Å². The second-order valence-electron chi connectivity index (χ2n) is 16.7. The highest BCUT2D eigenvalue weighted by molar-refractivity contribution is 7.80. The first-order chi connectivity index (χ1) is 33.6. The number of phenols is 1. The first-order valence-electron chi connectivity index (χ1n) is 23.0. The third-order valence-corrected chi connectivity index (χ3v) is 13.0. The quantitative estimate of drug-likeness (QED) is 0.0376. The lowest BCUT2D eigenvalue weighted by molar-refractivity contribution is -0.131. The van der Waals surface area contributed by atoms with E-state index in [4.69, 9.17) is 39.8 Å². The number of carbonyl (C=O) groups is 4. The summed E-state index contributed by atoms with van der Waals surface area (Å²) in [6, 6.07) is 25.4. The molecule has 18 heteroatoms. The summed E-state index contributed by atoms with van der Waals surface area (Å²) in [6.07, 6.45) is 2.36. The minimum absolute atomic E-state index is 0.0244. The van der Waals surface area contributed by atoms with E-state index in [9.17, 15) is 34.2 Å². The Kier molecular flexibility index (Phi) is 18.7. The fraction of sp³-hybridized carbons (Fsp3) is 0.308. The van der Waals surface area contributed by atoms with E-state index in [0.717, 1.165) is 37.1 Å². The maximum Gasteiger partial charge on any atom is 0.336 e. The molecular weight excluding hydrogens is 954 g/mol. The summed E-state index contributed by atoms with van der Waals surface area (Å²) in [6.45, 7) is 12.1. The Balaban J connectivity index is 0.00000107. The summed E-state index contributed by atoms with van der Waals surface area (Å²) in [5.74, 6) is -2.14. The summed E-state index contributed by atoms with van der Waals surface area (Å²) >= 11 is 17.6. The van der Waals surface area contributed by atoms with Crippen LogP contribution in [0.3, 0.4) is 0 Å². The van der Waals surface area contributed by atoms with Crippen molar-refractivity contribution >= 4 is 86.6 Å². The molecule has 368 valence electrons. The second kappa shape index (κ2) is 24.8. The van der Waals surface area contributed by atoms with Gasteiger partial charge in [0.25, 0.3) is 0 Å². The van der Waals surface area contributed by atoms with E-state index >= 15 is 0 Å². The van der Waals surface area contributed by atoms with Gasteiger partial charge in [0.2, 0.25) is 17.7 Å². The molecule has 1 fully saturated rings. The number of nitrogens with zero attached hydrogens (tertiary/aromatic N) is 3. The largest absolute Gasteiger partial charge is 0.508 e. The smallest absolute Gasteiger partial charge is 0.336 e. The minimum atomic E-state index is -1.24. The van der Waals surface area contributed by atoms with Crippen molar-refractivity contribution in [1.82, 2.24) is 25.3 Å². The molecule has 7 rings (SSSR count). The van der Waals surface area contributed by atoms with Gasteiger partial charge in [0.05, 0.1) is 41.2 Å². The van der Waals surface area contributed by atoms with Crippen LogP contribution in [0.15, 0.2) is 106 Å². The molecule has 0 aromatic heterocycles. The van der Waals surface area contributed by atoms with Crippen molar-refractivity contribution in [2.75, 3.05) is 70.0 Å². The number of halogens is 2. The van der Waals surface area contributed by atoms with Crippen molar-refractivity contribution in [3.8, 4) is 28.2 Å². The lowest BCUT2D eigenvalue weighted by Gasteiger charge is -2.32. The summed E-state index contributed by atoms with van der Waals surface area (Å²) in [5, 5.41) is 32.7. The summed E-state index contributed by atoms with van der Waals surface area (Å²) < 4.78 is 5.89. The van der Waals surface area contributed by atoms with E-state index in [1.165, 1.54) is 50.0 Å². The fourth-order valence-electron chi connectivity index (χ4n) is 8.19. The molecule has 4 aromatic carbocycles. The van der Waals surface area contributed by atoms with Crippen LogP contribution in [0.2, 0.25) is 10.0 Å². The second-order valence-corrected chi connectivity index (χ2v) is 17.9. The number of likely N-dealkylation sites (N-methyl/N-ethyl adjacent to an activating group) is 1. The van der Waals surface area contributed by atoms with Crippen LogP contribution in [0.25, 0.3) is 33.4 Å². The van der Waals surface area contributed by atoms with Gasteiger partial charge in [-0.05, 0) is 135 Å². The van der Waals surface area contributed by atoms with E-state index in [1.54, 1.807) is 66.5 Å². The van der Waals surface area contributed by atoms with Gasteiger partial charge in [-0.1, -0.05) is 68.2 Å². The maximum atomic E-state index is 13.5. The zero-order valence-electron chi connectivity index (χ0n) is 39.4. The summed E-state index contributed by atoms with van der Waals surface area (Å²) in [5.41, 5.74) is 3.68.